The van der Waals surface area contributed by atoms with Crippen LogP contribution in [-0.2, 0) is 18.4 Å². The van der Waals surface area contributed by atoms with Crippen molar-refractivity contribution in [2.24, 2.45) is 7.05 Å². The van der Waals surface area contributed by atoms with Gasteiger partial charge in [-0.3, -0.25) is 14.4 Å². The van der Waals surface area contributed by atoms with E-state index in [9.17, 15) is 4.79 Å². The molecule has 4 heteroatoms. The largest absolute Gasteiger partial charge is 0.298 e. The van der Waals surface area contributed by atoms with Gasteiger partial charge in [0.1, 0.15) is 5.78 Å². The third kappa shape index (κ3) is 2.04. The van der Waals surface area contributed by atoms with Crippen molar-refractivity contribution in [3.8, 4) is 0 Å². The highest BCUT2D eigenvalue weighted by atomic mass is 16.1. The molecule has 1 aromatic heterocycles. The molecule has 0 atom stereocenters. The molecule has 0 saturated carbocycles. The lowest BCUT2D eigenvalue weighted by atomic mass is 10.1. The number of likely N-dealkylation sites (tertiary alicyclic amines) is 1. The first-order valence-corrected chi connectivity index (χ1v) is 6.39. The number of carbonyl (C=O) groups excluding carboxylic acids is 1. The van der Waals surface area contributed by atoms with Crippen LogP contribution in [0.5, 0.6) is 0 Å². The number of aromatic nitrogens is 2. The fraction of sp³-hybridized carbons (Fsp3) is 0.429. The van der Waals surface area contributed by atoms with Crippen LogP contribution in [0.4, 0.5) is 0 Å². The summed E-state index contributed by atoms with van der Waals surface area (Å²) >= 11 is 0. The van der Waals surface area contributed by atoms with Crippen molar-refractivity contribution in [3.63, 3.8) is 0 Å². The standard InChI is InChI=1S/C14H17N3O/c1-16-14-7-3-2-6-12(14)13(15-16)10-17-8-4-5-11(18)9-17/h2-3,6-7H,4-5,8-10H2,1H3. The van der Waals surface area contributed by atoms with Crippen LogP contribution in [0.1, 0.15) is 18.5 Å². The van der Waals surface area contributed by atoms with Crippen molar-refractivity contribution in [2.75, 3.05) is 13.1 Å². The zero-order valence-electron chi connectivity index (χ0n) is 10.6. The molecule has 0 amide bonds. The van der Waals surface area contributed by atoms with Gasteiger partial charge in [-0.2, -0.15) is 5.10 Å². The normalized spacial score (nSPS) is 17.5. The minimum Gasteiger partial charge on any atom is -0.298 e. The van der Waals surface area contributed by atoms with Crippen molar-refractivity contribution >= 4 is 16.7 Å². The molecule has 2 heterocycles. The summed E-state index contributed by atoms with van der Waals surface area (Å²) in [5, 5.41) is 5.77. The smallest absolute Gasteiger partial charge is 0.146 e. The summed E-state index contributed by atoms with van der Waals surface area (Å²) in [6.07, 6.45) is 1.71. The molecule has 0 spiro atoms. The number of piperidine rings is 1. The van der Waals surface area contributed by atoms with E-state index >= 15 is 0 Å². The molecule has 0 radical (unpaired) electrons. The Morgan fingerprint density at radius 3 is 3.00 bits per heavy atom. The number of hydrogen-bond donors (Lipinski definition) is 0. The fourth-order valence-electron chi connectivity index (χ4n) is 2.66. The fourth-order valence-corrected chi connectivity index (χ4v) is 2.66. The Balaban J connectivity index is 1.88. The maximum atomic E-state index is 11.5. The minimum atomic E-state index is 0.349. The van der Waals surface area contributed by atoms with Crippen LogP contribution in [0, 0.1) is 0 Å². The number of fused-ring (bicyclic) bond motifs is 1. The number of hydrogen-bond acceptors (Lipinski definition) is 3. The number of para-hydroxylation sites is 1. The Kier molecular flexibility index (Phi) is 2.88. The summed E-state index contributed by atoms with van der Waals surface area (Å²) in [6, 6.07) is 8.24. The molecule has 4 nitrogen and oxygen atoms in total. The molecule has 3 rings (SSSR count). The Morgan fingerprint density at radius 2 is 2.17 bits per heavy atom. The number of ketones is 1. The molecular weight excluding hydrogens is 226 g/mol. The molecule has 0 N–H and O–H groups in total. The second-order valence-electron chi connectivity index (χ2n) is 4.94. The second kappa shape index (κ2) is 4.53. The van der Waals surface area contributed by atoms with Gasteiger partial charge in [0.15, 0.2) is 0 Å². The number of rotatable bonds is 2. The number of benzene rings is 1. The van der Waals surface area contributed by atoms with E-state index < -0.39 is 0 Å². The molecule has 0 bridgehead atoms. The molecular formula is C14H17N3O. The maximum Gasteiger partial charge on any atom is 0.146 e. The first-order chi connectivity index (χ1) is 8.74. The van der Waals surface area contributed by atoms with Crippen molar-refractivity contribution in [1.82, 2.24) is 14.7 Å². The minimum absolute atomic E-state index is 0.349. The summed E-state index contributed by atoms with van der Waals surface area (Å²) < 4.78 is 1.91. The summed E-state index contributed by atoms with van der Waals surface area (Å²) in [4.78, 5) is 13.7. The predicted octanol–water partition coefficient (Wildman–Crippen LogP) is 1.74. The zero-order valence-corrected chi connectivity index (χ0v) is 10.6. The third-order valence-electron chi connectivity index (χ3n) is 3.54. The monoisotopic (exact) mass is 243 g/mol. The van der Waals surface area contributed by atoms with E-state index in [1.807, 2.05) is 23.9 Å². The van der Waals surface area contributed by atoms with Crippen LogP contribution in [0.2, 0.25) is 0 Å². The predicted molar refractivity (Wildman–Crippen MR) is 70.2 cm³/mol. The van der Waals surface area contributed by atoms with Crippen LogP contribution in [-0.4, -0.2) is 33.6 Å². The highest BCUT2D eigenvalue weighted by molar-refractivity contribution is 5.82. The Labute approximate surface area is 106 Å². The van der Waals surface area contributed by atoms with Crippen LogP contribution < -0.4 is 0 Å². The second-order valence-corrected chi connectivity index (χ2v) is 4.94. The van der Waals surface area contributed by atoms with E-state index in [0.717, 1.165) is 37.1 Å². The van der Waals surface area contributed by atoms with Gasteiger partial charge in [-0.15, -0.1) is 0 Å². The molecule has 0 aliphatic carbocycles. The van der Waals surface area contributed by atoms with Gasteiger partial charge in [-0.1, -0.05) is 18.2 Å². The average Bonchev–Trinajstić information content (AvgIpc) is 2.67. The SMILES string of the molecule is Cn1nc(CN2CCCC(=O)C2)c2ccccc21. The van der Waals surface area contributed by atoms with Crippen LogP contribution in [0.3, 0.4) is 0 Å². The van der Waals surface area contributed by atoms with Gasteiger partial charge in [0.25, 0.3) is 0 Å². The Hall–Kier alpha value is -1.68. The summed E-state index contributed by atoms with van der Waals surface area (Å²) in [5.41, 5.74) is 2.22. The summed E-state index contributed by atoms with van der Waals surface area (Å²) in [7, 11) is 1.97. The first kappa shape index (κ1) is 11.4. The number of aryl methyl sites for hydroxylation is 1. The average molecular weight is 243 g/mol. The van der Waals surface area contributed by atoms with E-state index in [0.29, 0.717) is 12.3 Å². The maximum absolute atomic E-state index is 11.5. The topological polar surface area (TPSA) is 38.1 Å². The van der Waals surface area contributed by atoms with Crippen molar-refractivity contribution in [3.05, 3.63) is 30.0 Å². The molecule has 1 aliphatic heterocycles. The molecule has 1 fully saturated rings. The third-order valence-corrected chi connectivity index (χ3v) is 3.54. The highest BCUT2D eigenvalue weighted by Crippen LogP contribution is 2.20. The molecule has 18 heavy (non-hydrogen) atoms. The van der Waals surface area contributed by atoms with Crippen molar-refractivity contribution < 1.29 is 4.79 Å². The summed E-state index contributed by atoms with van der Waals surface area (Å²) in [6.45, 7) is 2.34. The number of Topliss-reactive ketones (excluding diaryl/α,β-unsaturated/α-hetero) is 1. The van der Waals surface area contributed by atoms with E-state index in [1.54, 1.807) is 0 Å². The molecule has 94 valence electrons. The molecule has 1 aliphatic rings. The van der Waals surface area contributed by atoms with Gasteiger partial charge in [-0.05, 0) is 19.0 Å². The van der Waals surface area contributed by atoms with Gasteiger partial charge in [0, 0.05) is 25.4 Å². The molecule has 0 unspecified atom stereocenters. The van der Waals surface area contributed by atoms with Crippen molar-refractivity contribution in [2.45, 2.75) is 19.4 Å². The number of carbonyl (C=O) groups is 1. The van der Waals surface area contributed by atoms with Crippen LogP contribution >= 0.6 is 0 Å². The van der Waals surface area contributed by atoms with E-state index in [1.165, 1.54) is 5.39 Å². The van der Waals surface area contributed by atoms with Crippen LogP contribution in [0.25, 0.3) is 10.9 Å². The van der Waals surface area contributed by atoms with E-state index in [2.05, 4.69) is 22.1 Å². The lowest BCUT2D eigenvalue weighted by Crippen LogP contribution is -2.35. The Morgan fingerprint density at radius 1 is 1.33 bits per heavy atom. The van der Waals surface area contributed by atoms with Gasteiger partial charge >= 0.3 is 0 Å². The highest BCUT2D eigenvalue weighted by Gasteiger charge is 2.19. The molecule has 1 saturated heterocycles. The molecule has 1 aromatic carbocycles. The molecule has 2 aromatic rings. The number of nitrogens with zero attached hydrogens (tertiary/aromatic N) is 3. The lowest BCUT2D eigenvalue weighted by molar-refractivity contribution is -0.122. The lowest BCUT2D eigenvalue weighted by Gasteiger charge is -2.24. The first-order valence-electron chi connectivity index (χ1n) is 6.39. The van der Waals surface area contributed by atoms with Crippen LogP contribution in [0.15, 0.2) is 24.3 Å². The van der Waals surface area contributed by atoms with E-state index in [4.69, 9.17) is 0 Å². The van der Waals surface area contributed by atoms with Gasteiger partial charge in [0.05, 0.1) is 17.8 Å². The van der Waals surface area contributed by atoms with Gasteiger partial charge < -0.3 is 0 Å². The quantitative estimate of drug-likeness (QED) is 0.806. The van der Waals surface area contributed by atoms with Crippen molar-refractivity contribution in [1.29, 1.82) is 0 Å². The van der Waals surface area contributed by atoms with E-state index in [-0.39, 0.29) is 0 Å². The van der Waals surface area contributed by atoms with Gasteiger partial charge in [0.2, 0.25) is 0 Å². The summed E-state index contributed by atoms with van der Waals surface area (Å²) in [5.74, 6) is 0.349. The zero-order chi connectivity index (χ0) is 12.5. The Bertz CT molecular complexity index is 588. The van der Waals surface area contributed by atoms with Gasteiger partial charge in [-0.25, -0.2) is 0 Å².